The fourth-order valence-electron chi connectivity index (χ4n) is 2.06. The van der Waals surface area contributed by atoms with Gasteiger partial charge in [-0.15, -0.1) is 0 Å². The van der Waals surface area contributed by atoms with Crippen LogP contribution < -0.4 is 0 Å². The number of rotatable bonds is 2. The number of phenols is 2. The van der Waals surface area contributed by atoms with Crippen LogP contribution >= 0.6 is 0 Å². The molecule has 2 N–H and O–H groups in total. The number of phenolic OH excluding ortho intramolecular Hbond substituents is 2. The van der Waals surface area contributed by atoms with E-state index in [1.807, 2.05) is 0 Å². The molecular weight excluding hydrogens is 276 g/mol. The maximum Gasteiger partial charge on any atom is 0.210 e. The van der Waals surface area contributed by atoms with E-state index in [0.29, 0.717) is 11.1 Å². The first kappa shape index (κ1) is 14.4. The molecule has 0 heterocycles. The average molecular weight is 292 g/mol. The Hall–Kier alpha value is -2.01. The molecule has 0 aliphatic carbocycles. The van der Waals surface area contributed by atoms with E-state index < -0.39 is 9.84 Å². The van der Waals surface area contributed by atoms with Crippen molar-refractivity contribution in [3.05, 3.63) is 47.0 Å². The molecule has 0 spiro atoms. The van der Waals surface area contributed by atoms with Crippen molar-refractivity contribution < 1.29 is 18.6 Å². The first-order chi connectivity index (χ1) is 9.23. The Labute approximate surface area is 118 Å². The maximum atomic E-state index is 12.6. The van der Waals surface area contributed by atoms with Gasteiger partial charge in [-0.2, -0.15) is 0 Å². The van der Waals surface area contributed by atoms with Crippen molar-refractivity contribution in [2.75, 3.05) is 0 Å². The molecule has 0 atom stereocenters. The summed E-state index contributed by atoms with van der Waals surface area (Å²) in [6, 6.07) is 7.11. The van der Waals surface area contributed by atoms with Crippen LogP contribution in [0.3, 0.4) is 0 Å². The summed E-state index contributed by atoms with van der Waals surface area (Å²) in [5.74, 6) is -0.399. The summed E-state index contributed by atoms with van der Waals surface area (Å²) in [6.07, 6.45) is 0. The van der Waals surface area contributed by atoms with E-state index in [9.17, 15) is 18.6 Å². The number of benzene rings is 2. The smallest absolute Gasteiger partial charge is 0.210 e. The molecule has 0 fully saturated rings. The monoisotopic (exact) mass is 292 g/mol. The second-order valence-electron chi connectivity index (χ2n) is 4.86. The lowest BCUT2D eigenvalue weighted by atomic mass is 10.1. The summed E-state index contributed by atoms with van der Waals surface area (Å²) in [7, 11) is -3.87. The van der Waals surface area contributed by atoms with E-state index in [-0.39, 0.29) is 21.3 Å². The van der Waals surface area contributed by atoms with Crippen LogP contribution in [0.25, 0.3) is 0 Å². The van der Waals surface area contributed by atoms with Gasteiger partial charge in [-0.1, -0.05) is 6.07 Å². The Bertz CT molecular complexity index is 777. The van der Waals surface area contributed by atoms with Crippen molar-refractivity contribution in [1.82, 2.24) is 0 Å². The normalized spacial score (nSPS) is 11.6. The molecule has 106 valence electrons. The fourth-order valence-corrected chi connectivity index (χ4v) is 3.72. The van der Waals surface area contributed by atoms with Crippen molar-refractivity contribution in [3.8, 4) is 11.5 Å². The minimum Gasteiger partial charge on any atom is -0.508 e. The van der Waals surface area contributed by atoms with Gasteiger partial charge in [0.25, 0.3) is 0 Å². The molecule has 0 aromatic heterocycles. The molecule has 2 rings (SSSR count). The van der Waals surface area contributed by atoms with Crippen LogP contribution in [0.15, 0.2) is 40.1 Å². The summed E-state index contributed by atoms with van der Waals surface area (Å²) in [4.78, 5) is -0.148. The van der Waals surface area contributed by atoms with Gasteiger partial charge >= 0.3 is 0 Å². The lowest BCUT2D eigenvalue weighted by Gasteiger charge is -2.12. The van der Waals surface area contributed by atoms with Gasteiger partial charge in [0.05, 0.1) is 4.90 Å². The van der Waals surface area contributed by atoms with Gasteiger partial charge in [0.2, 0.25) is 9.84 Å². The topological polar surface area (TPSA) is 74.6 Å². The van der Waals surface area contributed by atoms with Gasteiger partial charge in [-0.25, -0.2) is 8.42 Å². The fraction of sp³-hybridized carbons (Fsp3) is 0.200. The predicted octanol–water partition coefficient (Wildman–Crippen LogP) is 2.86. The summed E-state index contributed by atoms with van der Waals surface area (Å²) in [6.45, 7) is 5.16. The molecule has 5 heteroatoms. The second kappa shape index (κ2) is 4.83. The number of hydrogen-bond acceptors (Lipinski definition) is 4. The Kier molecular flexibility index (Phi) is 3.48. The van der Waals surface area contributed by atoms with Gasteiger partial charge in [-0.05, 0) is 61.7 Å². The molecule has 0 saturated carbocycles. The molecule has 0 radical (unpaired) electrons. The minimum atomic E-state index is -3.87. The summed E-state index contributed by atoms with van der Waals surface area (Å²) >= 11 is 0. The van der Waals surface area contributed by atoms with Crippen molar-refractivity contribution >= 4 is 9.84 Å². The molecule has 0 bridgehead atoms. The van der Waals surface area contributed by atoms with E-state index in [2.05, 4.69) is 0 Å². The van der Waals surface area contributed by atoms with Crippen LogP contribution in [-0.2, 0) is 9.84 Å². The predicted molar refractivity (Wildman–Crippen MR) is 75.9 cm³/mol. The lowest BCUT2D eigenvalue weighted by molar-refractivity contribution is 0.457. The molecule has 2 aromatic carbocycles. The number of hydrogen-bond donors (Lipinski definition) is 2. The van der Waals surface area contributed by atoms with Crippen LogP contribution in [0, 0.1) is 20.8 Å². The highest BCUT2D eigenvalue weighted by atomic mass is 32.2. The third-order valence-electron chi connectivity index (χ3n) is 3.30. The third kappa shape index (κ3) is 2.36. The largest absolute Gasteiger partial charge is 0.508 e. The number of aromatic hydroxyl groups is 2. The first-order valence-electron chi connectivity index (χ1n) is 6.08. The van der Waals surface area contributed by atoms with E-state index >= 15 is 0 Å². The van der Waals surface area contributed by atoms with Gasteiger partial charge in [0, 0.05) is 0 Å². The van der Waals surface area contributed by atoms with Crippen LogP contribution in [0.2, 0.25) is 0 Å². The molecule has 0 unspecified atom stereocenters. The van der Waals surface area contributed by atoms with Gasteiger partial charge < -0.3 is 10.2 Å². The zero-order valence-electron chi connectivity index (χ0n) is 11.5. The van der Waals surface area contributed by atoms with Crippen LogP contribution in [-0.4, -0.2) is 18.6 Å². The van der Waals surface area contributed by atoms with E-state index in [1.165, 1.54) is 24.3 Å². The summed E-state index contributed by atoms with van der Waals surface area (Å²) in [5.41, 5.74) is 2.00. The molecule has 0 aliphatic rings. The molecule has 0 saturated heterocycles. The Balaban J connectivity index is 2.73. The van der Waals surface area contributed by atoms with Crippen LogP contribution in [0.4, 0.5) is 0 Å². The molecule has 0 amide bonds. The first-order valence-corrected chi connectivity index (χ1v) is 7.56. The third-order valence-corrected chi connectivity index (χ3v) is 5.23. The lowest BCUT2D eigenvalue weighted by Crippen LogP contribution is -2.05. The average Bonchev–Trinajstić information content (AvgIpc) is 2.33. The number of aryl methyl sites for hydroxylation is 2. The maximum absolute atomic E-state index is 12.6. The van der Waals surface area contributed by atoms with Crippen LogP contribution in [0.1, 0.15) is 16.7 Å². The Morgan fingerprint density at radius 1 is 0.900 bits per heavy atom. The van der Waals surface area contributed by atoms with Crippen molar-refractivity contribution in [3.63, 3.8) is 0 Å². The standard InChI is InChI=1S/C15H16O4S/c1-9-4-5-14(13(17)6-9)20(18,19)15-8-12(16)7-10(2)11(15)3/h4-8,16-17H,1-3H3. The van der Waals surface area contributed by atoms with Crippen molar-refractivity contribution in [2.24, 2.45) is 0 Å². The highest BCUT2D eigenvalue weighted by molar-refractivity contribution is 7.91. The summed E-state index contributed by atoms with van der Waals surface area (Å²) in [5, 5.41) is 19.5. The van der Waals surface area contributed by atoms with E-state index in [4.69, 9.17) is 0 Å². The minimum absolute atomic E-state index is 0.00848. The molecule has 2 aromatic rings. The quantitative estimate of drug-likeness (QED) is 0.892. The zero-order chi connectivity index (χ0) is 15.1. The van der Waals surface area contributed by atoms with Crippen molar-refractivity contribution in [1.29, 1.82) is 0 Å². The van der Waals surface area contributed by atoms with Crippen molar-refractivity contribution in [2.45, 2.75) is 30.6 Å². The van der Waals surface area contributed by atoms with E-state index in [0.717, 1.165) is 5.56 Å². The molecule has 0 aliphatic heterocycles. The van der Waals surface area contributed by atoms with E-state index in [1.54, 1.807) is 26.8 Å². The highest BCUT2D eigenvalue weighted by Crippen LogP contribution is 2.33. The summed E-state index contributed by atoms with van der Waals surface area (Å²) < 4.78 is 25.2. The van der Waals surface area contributed by atoms with Crippen LogP contribution in [0.5, 0.6) is 11.5 Å². The Morgan fingerprint density at radius 3 is 2.15 bits per heavy atom. The van der Waals surface area contributed by atoms with Gasteiger partial charge in [0.1, 0.15) is 16.4 Å². The zero-order valence-corrected chi connectivity index (χ0v) is 12.3. The van der Waals surface area contributed by atoms with Gasteiger partial charge in [0.15, 0.2) is 0 Å². The Morgan fingerprint density at radius 2 is 1.55 bits per heavy atom. The number of sulfone groups is 1. The SMILES string of the molecule is Cc1ccc(S(=O)(=O)c2cc(O)cc(C)c2C)c(O)c1. The molecule has 20 heavy (non-hydrogen) atoms. The highest BCUT2D eigenvalue weighted by Gasteiger charge is 2.24. The molecule has 4 nitrogen and oxygen atoms in total. The second-order valence-corrected chi connectivity index (χ2v) is 6.75. The molecular formula is C15H16O4S. The van der Waals surface area contributed by atoms with Gasteiger partial charge in [-0.3, -0.25) is 0 Å².